The monoisotopic (exact) mass is 672 g/mol. The first kappa shape index (κ1) is 37.3. The number of aromatic amines is 1. The van der Waals surface area contributed by atoms with E-state index in [2.05, 4.69) is 39.6 Å². The van der Waals surface area contributed by atoms with Crippen molar-refractivity contribution in [2.75, 3.05) is 11.9 Å². The topological polar surface area (TPSA) is 210 Å². The fraction of sp³-hybridized carbons (Fsp3) is 0.474. The molecule has 0 aliphatic heterocycles. The SMILES string of the molecule is C[C@H](C=O)CC[C@H](N)CCC[C@@H]1c2cc3cc(CC=O)ccc3cc2CC[C@H]1C[C@@H](Nc1ccc[nH]1)/C(=C/C(=O)O)[C@H](CCO)N=C(N)N. The lowest BCUT2D eigenvalue weighted by Gasteiger charge is -2.38. The Morgan fingerprint density at radius 3 is 2.59 bits per heavy atom. The Kier molecular flexibility index (Phi) is 14.0. The first-order valence-electron chi connectivity index (χ1n) is 17.4. The normalized spacial score (nSPS) is 18.6. The summed E-state index contributed by atoms with van der Waals surface area (Å²) in [6, 6.07) is 13.3. The molecule has 11 heteroatoms. The number of nitrogens with one attached hydrogen (secondary N) is 2. The van der Waals surface area contributed by atoms with E-state index < -0.39 is 18.1 Å². The summed E-state index contributed by atoms with van der Waals surface area (Å²) in [7, 11) is 0. The highest BCUT2D eigenvalue weighted by atomic mass is 16.4. The number of nitrogens with zero attached hydrogens (tertiary/aromatic N) is 1. The lowest BCUT2D eigenvalue weighted by molar-refractivity contribution is -0.131. The van der Waals surface area contributed by atoms with E-state index in [0.29, 0.717) is 18.4 Å². The Labute approximate surface area is 288 Å². The smallest absolute Gasteiger partial charge is 0.328 e. The van der Waals surface area contributed by atoms with Gasteiger partial charge in [-0.2, -0.15) is 0 Å². The van der Waals surface area contributed by atoms with Crippen molar-refractivity contribution in [1.82, 2.24) is 4.98 Å². The summed E-state index contributed by atoms with van der Waals surface area (Å²) in [6.45, 7) is 1.69. The summed E-state index contributed by atoms with van der Waals surface area (Å²) in [5.41, 5.74) is 22.1. The molecule has 1 aromatic heterocycles. The first-order valence-corrected chi connectivity index (χ1v) is 17.4. The van der Waals surface area contributed by atoms with Crippen molar-refractivity contribution >= 4 is 41.1 Å². The van der Waals surface area contributed by atoms with Crippen molar-refractivity contribution in [3.05, 3.63) is 77.0 Å². The molecule has 2 aromatic carbocycles. The van der Waals surface area contributed by atoms with E-state index in [1.54, 1.807) is 6.20 Å². The summed E-state index contributed by atoms with van der Waals surface area (Å²) in [4.78, 5) is 42.2. The number of aliphatic carboxylic acids is 1. The van der Waals surface area contributed by atoms with Gasteiger partial charge in [0.05, 0.1) is 12.1 Å². The molecule has 0 amide bonds. The Morgan fingerprint density at radius 2 is 1.92 bits per heavy atom. The van der Waals surface area contributed by atoms with Crippen LogP contribution in [0.15, 0.2) is 65.3 Å². The molecule has 264 valence electrons. The quantitative estimate of drug-likeness (QED) is 0.0387. The van der Waals surface area contributed by atoms with Crippen molar-refractivity contribution in [2.24, 2.45) is 34.0 Å². The second-order valence-electron chi connectivity index (χ2n) is 13.5. The molecule has 0 saturated carbocycles. The van der Waals surface area contributed by atoms with Crippen LogP contribution in [0.5, 0.6) is 0 Å². The van der Waals surface area contributed by atoms with Gasteiger partial charge in [0.2, 0.25) is 0 Å². The van der Waals surface area contributed by atoms with Crippen LogP contribution in [0.3, 0.4) is 0 Å². The minimum atomic E-state index is -1.12. The number of carbonyl (C=O) groups excluding carboxylic acids is 2. The molecular weight excluding hydrogens is 620 g/mol. The van der Waals surface area contributed by atoms with Gasteiger partial charge >= 0.3 is 5.97 Å². The molecule has 1 aliphatic rings. The average Bonchev–Trinajstić information content (AvgIpc) is 3.58. The van der Waals surface area contributed by atoms with Gasteiger partial charge in [0.1, 0.15) is 18.4 Å². The number of aliphatic hydroxyl groups excluding tert-OH is 1. The van der Waals surface area contributed by atoms with E-state index in [4.69, 9.17) is 17.2 Å². The van der Waals surface area contributed by atoms with Gasteiger partial charge < -0.3 is 47.3 Å². The van der Waals surface area contributed by atoms with Crippen LogP contribution in [0.1, 0.15) is 80.9 Å². The van der Waals surface area contributed by atoms with Gasteiger partial charge in [0.25, 0.3) is 0 Å². The lowest BCUT2D eigenvalue weighted by atomic mass is 9.69. The summed E-state index contributed by atoms with van der Waals surface area (Å²) in [5.74, 6) is -0.273. The largest absolute Gasteiger partial charge is 0.478 e. The number of anilines is 1. The number of aliphatic imine (C=N–C) groups is 1. The standard InChI is InChI=1S/C38H52N6O5/c1-24(23-47)7-12-30(39)4-2-5-31-28(11-10-27-19-26-9-8-25(13-16-45)18-29(26)20-32(27)31)21-35(43-36-6-3-15-42-36)33(22-37(48)49)34(14-17-46)44-38(40)41/h3,6,8-9,15-16,18-20,22-24,28,30-31,34-35,42-43,46H,2,4-5,7,10-14,17,21,39H2,1H3,(H,48,49)(H4,40,41,44)/b33-22+/t24-,28-,30+,31-,34-,35+/m0/s1. The molecule has 11 nitrogen and oxygen atoms in total. The number of guanidine groups is 1. The van der Waals surface area contributed by atoms with Crippen molar-refractivity contribution in [2.45, 2.75) is 95.2 Å². The Morgan fingerprint density at radius 1 is 1.10 bits per heavy atom. The van der Waals surface area contributed by atoms with Gasteiger partial charge in [0.15, 0.2) is 5.96 Å². The number of carbonyl (C=O) groups is 3. The van der Waals surface area contributed by atoms with Crippen LogP contribution in [0, 0.1) is 11.8 Å². The summed E-state index contributed by atoms with van der Waals surface area (Å²) >= 11 is 0. The Hall–Kier alpha value is -4.48. The predicted molar refractivity (Wildman–Crippen MR) is 194 cm³/mol. The van der Waals surface area contributed by atoms with Crippen LogP contribution in [0.25, 0.3) is 10.8 Å². The third kappa shape index (κ3) is 10.8. The number of nitrogens with two attached hydrogens (primary N) is 3. The predicted octanol–water partition coefficient (Wildman–Crippen LogP) is 4.57. The minimum Gasteiger partial charge on any atom is -0.478 e. The fourth-order valence-corrected chi connectivity index (χ4v) is 7.32. The first-order chi connectivity index (χ1) is 23.6. The van der Waals surface area contributed by atoms with Crippen LogP contribution >= 0.6 is 0 Å². The molecule has 49 heavy (non-hydrogen) atoms. The summed E-state index contributed by atoms with van der Waals surface area (Å²) in [5, 5.41) is 25.6. The number of rotatable bonds is 20. The fourth-order valence-electron chi connectivity index (χ4n) is 7.32. The number of hydrogen-bond donors (Lipinski definition) is 7. The number of aliphatic hydroxyl groups is 1. The lowest BCUT2D eigenvalue weighted by Crippen LogP contribution is -2.36. The highest BCUT2D eigenvalue weighted by Gasteiger charge is 2.34. The van der Waals surface area contributed by atoms with E-state index in [-0.39, 0.29) is 42.8 Å². The number of aromatic nitrogens is 1. The third-order valence-corrected chi connectivity index (χ3v) is 9.80. The van der Waals surface area contributed by atoms with Gasteiger partial charge in [-0.3, -0.25) is 0 Å². The number of carboxylic acids is 1. The molecule has 0 radical (unpaired) electrons. The third-order valence-electron chi connectivity index (χ3n) is 9.80. The summed E-state index contributed by atoms with van der Waals surface area (Å²) in [6.07, 6.45) is 11.9. The molecule has 0 spiro atoms. The van der Waals surface area contributed by atoms with Gasteiger partial charge in [-0.25, -0.2) is 9.79 Å². The molecule has 3 aromatic rings. The van der Waals surface area contributed by atoms with Gasteiger partial charge in [-0.15, -0.1) is 0 Å². The van der Waals surface area contributed by atoms with E-state index >= 15 is 0 Å². The number of carboxylic acid groups (broad SMARTS) is 1. The molecule has 6 atom stereocenters. The molecule has 1 heterocycles. The van der Waals surface area contributed by atoms with Crippen molar-refractivity contribution < 1.29 is 24.6 Å². The second-order valence-corrected chi connectivity index (χ2v) is 13.5. The molecule has 0 bridgehead atoms. The van der Waals surface area contributed by atoms with E-state index in [1.807, 2.05) is 25.1 Å². The zero-order valence-electron chi connectivity index (χ0n) is 28.4. The average molecular weight is 673 g/mol. The zero-order valence-corrected chi connectivity index (χ0v) is 28.4. The number of H-pyrrole nitrogens is 1. The van der Waals surface area contributed by atoms with Gasteiger partial charge in [0, 0.05) is 37.3 Å². The van der Waals surface area contributed by atoms with Crippen molar-refractivity contribution in [3.8, 4) is 0 Å². The number of aryl methyl sites for hydroxylation is 1. The van der Waals surface area contributed by atoms with E-state index in [0.717, 1.165) is 79.7 Å². The summed E-state index contributed by atoms with van der Waals surface area (Å²) < 4.78 is 0. The van der Waals surface area contributed by atoms with Crippen molar-refractivity contribution in [1.29, 1.82) is 0 Å². The number of fused-ring (bicyclic) bond motifs is 2. The molecule has 1 aliphatic carbocycles. The van der Waals surface area contributed by atoms with Gasteiger partial charge in [-0.05, 0) is 108 Å². The van der Waals surface area contributed by atoms with Crippen LogP contribution < -0.4 is 22.5 Å². The Balaban J connectivity index is 1.72. The second kappa shape index (κ2) is 18.3. The maximum atomic E-state index is 12.2. The maximum absolute atomic E-state index is 12.2. The molecular formula is C38H52N6O5. The minimum absolute atomic E-state index is 0.00219. The van der Waals surface area contributed by atoms with E-state index in [1.165, 1.54) is 17.2 Å². The van der Waals surface area contributed by atoms with Crippen LogP contribution in [-0.4, -0.2) is 64.4 Å². The molecule has 4 rings (SSSR count). The van der Waals surface area contributed by atoms with E-state index in [9.17, 15) is 24.6 Å². The molecule has 10 N–H and O–H groups in total. The number of aldehydes is 2. The maximum Gasteiger partial charge on any atom is 0.328 e. The zero-order chi connectivity index (χ0) is 35.3. The highest BCUT2D eigenvalue weighted by molar-refractivity contribution is 5.86. The van der Waals surface area contributed by atoms with Crippen LogP contribution in [0.4, 0.5) is 5.82 Å². The van der Waals surface area contributed by atoms with Gasteiger partial charge in [-0.1, -0.05) is 43.7 Å². The van der Waals surface area contributed by atoms with Crippen LogP contribution in [0.2, 0.25) is 0 Å². The highest BCUT2D eigenvalue weighted by Crippen LogP contribution is 2.44. The Bertz CT molecular complexity index is 1600. The number of hydrogen-bond acceptors (Lipinski definition) is 7. The molecule has 0 saturated heterocycles. The number of benzene rings is 2. The van der Waals surface area contributed by atoms with Crippen molar-refractivity contribution in [3.63, 3.8) is 0 Å². The molecule has 0 fully saturated rings. The van der Waals surface area contributed by atoms with Crippen LogP contribution in [-0.2, 0) is 27.2 Å². The molecule has 0 unspecified atom stereocenters.